The van der Waals surface area contributed by atoms with Crippen molar-refractivity contribution >= 4 is 11.6 Å². The lowest BCUT2D eigenvalue weighted by molar-refractivity contribution is 0.560. The molecule has 0 aliphatic carbocycles. The molecule has 0 amide bonds. The summed E-state index contributed by atoms with van der Waals surface area (Å²) in [5.41, 5.74) is 0.213. The number of hydrogen-bond acceptors (Lipinski definition) is 3. The van der Waals surface area contributed by atoms with Crippen LogP contribution in [0, 0.1) is 5.82 Å². The molecule has 0 saturated heterocycles. The standard InChI is InChI=1S/C8H4ClFN2O/c9-7-6(10)5(1-2-11-7)8-12-3-4-13-8/h1-4H. The Morgan fingerprint density at radius 2 is 2.15 bits per heavy atom. The van der Waals surface area contributed by atoms with Crippen molar-refractivity contribution in [3.8, 4) is 11.5 Å². The molecule has 13 heavy (non-hydrogen) atoms. The van der Waals surface area contributed by atoms with Crippen LogP contribution >= 0.6 is 11.6 Å². The summed E-state index contributed by atoms with van der Waals surface area (Å²) >= 11 is 5.48. The lowest BCUT2D eigenvalue weighted by atomic mass is 10.2. The van der Waals surface area contributed by atoms with E-state index in [0.29, 0.717) is 0 Å². The summed E-state index contributed by atoms with van der Waals surface area (Å²) in [7, 11) is 0. The number of oxazole rings is 1. The Labute approximate surface area is 78.2 Å². The van der Waals surface area contributed by atoms with Gasteiger partial charge in [0.05, 0.1) is 11.8 Å². The van der Waals surface area contributed by atoms with Gasteiger partial charge in [0.15, 0.2) is 11.0 Å². The molecule has 66 valence electrons. The minimum absolute atomic E-state index is 0.185. The highest BCUT2D eigenvalue weighted by molar-refractivity contribution is 6.29. The van der Waals surface area contributed by atoms with Crippen LogP contribution in [0.2, 0.25) is 5.15 Å². The maximum Gasteiger partial charge on any atom is 0.229 e. The van der Waals surface area contributed by atoms with E-state index in [-0.39, 0.29) is 16.6 Å². The normalized spacial score (nSPS) is 10.3. The van der Waals surface area contributed by atoms with Gasteiger partial charge in [-0.15, -0.1) is 0 Å². The summed E-state index contributed by atoms with van der Waals surface area (Å²) in [5.74, 6) is -0.423. The van der Waals surface area contributed by atoms with E-state index in [2.05, 4.69) is 9.97 Å². The lowest BCUT2D eigenvalue weighted by Crippen LogP contribution is -1.87. The molecule has 2 aromatic heterocycles. The first-order chi connectivity index (χ1) is 6.29. The van der Waals surface area contributed by atoms with Gasteiger partial charge in [-0.3, -0.25) is 0 Å². The SMILES string of the molecule is Fc1c(-c2ncco2)ccnc1Cl. The molecule has 0 radical (unpaired) electrons. The first kappa shape index (κ1) is 8.19. The Morgan fingerprint density at radius 1 is 1.31 bits per heavy atom. The summed E-state index contributed by atoms with van der Waals surface area (Å²) < 4.78 is 18.2. The van der Waals surface area contributed by atoms with Crippen LogP contribution in [0.3, 0.4) is 0 Å². The second-order valence-corrected chi connectivity index (χ2v) is 2.66. The smallest absolute Gasteiger partial charge is 0.229 e. The summed E-state index contributed by atoms with van der Waals surface area (Å²) in [5, 5.41) is -0.185. The van der Waals surface area contributed by atoms with Crippen LogP contribution in [0.15, 0.2) is 29.1 Å². The average molecular weight is 199 g/mol. The molecular weight excluding hydrogens is 195 g/mol. The van der Waals surface area contributed by atoms with Crippen molar-refractivity contribution < 1.29 is 8.81 Å². The average Bonchev–Trinajstić information content (AvgIpc) is 2.62. The summed E-state index contributed by atoms with van der Waals surface area (Å²) in [4.78, 5) is 7.37. The Kier molecular flexibility index (Phi) is 1.98. The highest BCUT2D eigenvalue weighted by Crippen LogP contribution is 2.24. The first-order valence-electron chi connectivity index (χ1n) is 3.49. The number of pyridine rings is 1. The van der Waals surface area contributed by atoms with Crippen molar-refractivity contribution in [1.29, 1.82) is 0 Å². The van der Waals surface area contributed by atoms with E-state index in [0.717, 1.165) is 0 Å². The zero-order chi connectivity index (χ0) is 9.26. The Hall–Kier alpha value is -1.42. The van der Waals surface area contributed by atoms with Crippen molar-refractivity contribution in [1.82, 2.24) is 9.97 Å². The number of rotatable bonds is 1. The zero-order valence-electron chi connectivity index (χ0n) is 6.37. The molecule has 0 saturated carbocycles. The molecule has 5 heteroatoms. The fourth-order valence-electron chi connectivity index (χ4n) is 0.940. The number of hydrogen-bond donors (Lipinski definition) is 0. The zero-order valence-corrected chi connectivity index (χ0v) is 7.12. The van der Waals surface area contributed by atoms with Gasteiger partial charge in [-0.2, -0.15) is 0 Å². The Bertz CT molecular complexity index is 416. The molecule has 0 aromatic carbocycles. The molecule has 0 unspecified atom stereocenters. The first-order valence-corrected chi connectivity index (χ1v) is 3.86. The van der Waals surface area contributed by atoms with Gasteiger partial charge in [0, 0.05) is 6.20 Å². The van der Waals surface area contributed by atoms with Gasteiger partial charge in [0.25, 0.3) is 0 Å². The van der Waals surface area contributed by atoms with Crippen LogP contribution in [0.5, 0.6) is 0 Å². The van der Waals surface area contributed by atoms with Crippen LogP contribution in [-0.2, 0) is 0 Å². The number of aromatic nitrogens is 2. The largest absolute Gasteiger partial charge is 0.444 e. The topological polar surface area (TPSA) is 38.9 Å². The van der Waals surface area contributed by atoms with Crippen LogP contribution in [0.25, 0.3) is 11.5 Å². The van der Waals surface area contributed by atoms with Crippen molar-refractivity contribution in [3.63, 3.8) is 0 Å². The van der Waals surface area contributed by atoms with Gasteiger partial charge >= 0.3 is 0 Å². The monoisotopic (exact) mass is 198 g/mol. The Balaban J connectivity index is 2.59. The highest BCUT2D eigenvalue weighted by Gasteiger charge is 2.12. The molecule has 0 spiro atoms. The van der Waals surface area contributed by atoms with Gasteiger partial charge in [-0.25, -0.2) is 14.4 Å². The molecule has 0 bridgehead atoms. The molecular formula is C8H4ClFN2O. The third-order valence-electron chi connectivity index (χ3n) is 1.51. The molecule has 2 heterocycles. The molecule has 0 N–H and O–H groups in total. The summed E-state index contributed by atoms with van der Waals surface area (Å²) in [6, 6.07) is 1.45. The third kappa shape index (κ3) is 1.40. The van der Waals surface area contributed by atoms with E-state index in [1.165, 1.54) is 24.7 Å². The fourth-order valence-corrected chi connectivity index (χ4v) is 1.10. The molecule has 0 atom stereocenters. The van der Waals surface area contributed by atoms with Crippen molar-refractivity contribution in [2.75, 3.05) is 0 Å². The second kappa shape index (κ2) is 3.14. The van der Waals surface area contributed by atoms with Crippen LogP contribution in [0.1, 0.15) is 0 Å². The van der Waals surface area contributed by atoms with Crippen molar-refractivity contribution in [2.24, 2.45) is 0 Å². The minimum atomic E-state index is -0.619. The van der Waals surface area contributed by atoms with Gasteiger partial charge in [0.1, 0.15) is 6.26 Å². The van der Waals surface area contributed by atoms with E-state index < -0.39 is 5.82 Å². The number of halogens is 2. The maximum absolute atomic E-state index is 13.3. The molecule has 0 aliphatic heterocycles. The quantitative estimate of drug-likeness (QED) is 0.661. The maximum atomic E-state index is 13.3. The van der Waals surface area contributed by atoms with E-state index in [4.69, 9.17) is 16.0 Å². The lowest BCUT2D eigenvalue weighted by Gasteiger charge is -1.97. The summed E-state index contributed by atoms with van der Waals surface area (Å²) in [6.45, 7) is 0. The Morgan fingerprint density at radius 3 is 2.85 bits per heavy atom. The second-order valence-electron chi connectivity index (χ2n) is 2.30. The third-order valence-corrected chi connectivity index (χ3v) is 1.77. The van der Waals surface area contributed by atoms with Crippen molar-refractivity contribution in [3.05, 3.63) is 35.7 Å². The van der Waals surface area contributed by atoms with E-state index in [9.17, 15) is 4.39 Å². The van der Waals surface area contributed by atoms with Crippen molar-refractivity contribution in [2.45, 2.75) is 0 Å². The number of nitrogens with zero attached hydrogens (tertiary/aromatic N) is 2. The van der Waals surface area contributed by atoms with E-state index in [1.807, 2.05) is 0 Å². The molecule has 2 rings (SSSR count). The highest BCUT2D eigenvalue weighted by atomic mass is 35.5. The van der Waals surface area contributed by atoms with Gasteiger partial charge in [-0.05, 0) is 6.07 Å². The molecule has 3 nitrogen and oxygen atoms in total. The van der Waals surface area contributed by atoms with E-state index in [1.54, 1.807) is 0 Å². The molecule has 2 aromatic rings. The van der Waals surface area contributed by atoms with Crippen LogP contribution < -0.4 is 0 Å². The van der Waals surface area contributed by atoms with Crippen LogP contribution in [-0.4, -0.2) is 9.97 Å². The fraction of sp³-hybridized carbons (Fsp3) is 0. The minimum Gasteiger partial charge on any atom is -0.444 e. The van der Waals surface area contributed by atoms with Gasteiger partial charge in [-0.1, -0.05) is 11.6 Å². The summed E-state index contributed by atoms with van der Waals surface area (Å²) in [6.07, 6.45) is 4.19. The van der Waals surface area contributed by atoms with E-state index >= 15 is 0 Å². The molecule has 0 aliphatic rings. The van der Waals surface area contributed by atoms with Gasteiger partial charge < -0.3 is 4.42 Å². The van der Waals surface area contributed by atoms with Gasteiger partial charge in [0.2, 0.25) is 5.89 Å². The predicted molar refractivity (Wildman–Crippen MR) is 44.7 cm³/mol. The van der Waals surface area contributed by atoms with Crippen LogP contribution in [0.4, 0.5) is 4.39 Å². The predicted octanol–water partition coefficient (Wildman–Crippen LogP) is 2.53. The molecule has 0 fully saturated rings.